The molecule has 2 heterocycles. The van der Waals surface area contributed by atoms with Crippen LogP contribution in [0.3, 0.4) is 0 Å². The molecule has 0 aromatic heterocycles. The second kappa shape index (κ2) is 8.04. The van der Waals surface area contributed by atoms with Crippen LogP contribution >= 0.6 is 11.8 Å². The van der Waals surface area contributed by atoms with Gasteiger partial charge in [-0.05, 0) is 48.8 Å². The first-order chi connectivity index (χ1) is 11.7. The SMILES string of the molecule is N#CC1(NC(=O)C[C@H]2CCN(Cc3ccccc3)C2)CCSCC1. The number of carbonyl (C=O) groups is 1. The summed E-state index contributed by atoms with van der Waals surface area (Å²) in [6.07, 6.45) is 3.15. The van der Waals surface area contributed by atoms with Crippen molar-refractivity contribution in [1.29, 1.82) is 5.26 Å². The summed E-state index contributed by atoms with van der Waals surface area (Å²) < 4.78 is 0. The first kappa shape index (κ1) is 17.3. The van der Waals surface area contributed by atoms with Gasteiger partial charge in [-0.15, -0.1) is 0 Å². The number of nitriles is 1. The second-order valence-corrected chi connectivity index (χ2v) is 8.16. The lowest BCUT2D eigenvalue weighted by atomic mass is 9.93. The van der Waals surface area contributed by atoms with E-state index in [-0.39, 0.29) is 5.91 Å². The molecule has 1 amide bonds. The van der Waals surface area contributed by atoms with Crippen molar-refractivity contribution < 1.29 is 4.79 Å². The number of hydrogen-bond acceptors (Lipinski definition) is 4. The third kappa shape index (κ3) is 4.52. The molecule has 0 radical (unpaired) electrons. The fraction of sp³-hybridized carbons (Fsp3) is 0.579. The van der Waals surface area contributed by atoms with Crippen molar-refractivity contribution in [3.8, 4) is 6.07 Å². The number of nitrogens with zero attached hydrogens (tertiary/aromatic N) is 2. The zero-order valence-corrected chi connectivity index (χ0v) is 14.9. The van der Waals surface area contributed by atoms with Gasteiger partial charge in [0.2, 0.25) is 5.91 Å². The summed E-state index contributed by atoms with van der Waals surface area (Å²) in [6, 6.07) is 12.8. The lowest BCUT2D eigenvalue weighted by molar-refractivity contribution is -0.123. The van der Waals surface area contributed by atoms with E-state index in [4.69, 9.17) is 0 Å². The van der Waals surface area contributed by atoms with Crippen LogP contribution in [0.1, 0.15) is 31.2 Å². The van der Waals surface area contributed by atoms with Gasteiger partial charge < -0.3 is 5.32 Å². The van der Waals surface area contributed by atoms with Crippen molar-refractivity contribution in [3.05, 3.63) is 35.9 Å². The minimum Gasteiger partial charge on any atom is -0.338 e. The second-order valence-electron chi connectivity index (χ2n) is 6.93. The monoisotopic (exact) mass is 343 g/mol. The fourth-order valence-electron chi connectivity index (χ4n) is 3.63. The Bertz CT molecular complexity index is 592. The Morgan fingerprint density at radius 2 is 2.08 bits per heavy atom. The molecule has 2 aliphatic heterocycles. The Morgan fingerprint density at radius 1 is 1.33 bits per heavy atom. The Balaban J connectivity index is 1.46. The van der Waals surface area contributed by atoms with E-state index in [1.165, 1.54) is 5.56 Å². The summed E-state index contributed by atoms with van der Waals surface area (Å²) in [5, 5.41) is 12.5. The molecular formula is C19H25N3OS. The molecule has 0 saturated carbocycles. The van der Waals surface area contributed by atoms with Crippen LogP contribution in [0.25, 0.3) is 0 Å². The molecule has 1 aromatic carbocycles. The molecule has 128 valence electrons. The minimum atomic E-state index is -0.620. The third-order valence-corrected chi connectivity index (χ3v) is 6.02. The van der Waals surface area contributed by atoms with Gasteiger partial charge in [0.1, 0.15) is 5.54 Å². The Hall–Kier alpha value is -1.51. The van der Waals surface area contributed by atoms with E-state index in [1.807, 2.05) is 17.8 Å². The van der Waals surface area contributed by atoms with E-state index in [1.54, 1.807) is 0 Å². The van der Waals surface area contributed by atoms with Gasteiger partial charge in [0, 0.05) is 19.5 Å². The largest absolute Gasteiger partial charge is 0.338 e. The quantitative estimate of drug-likeness (QED) is 0.893. The van der Waals surface area contributed by atoms with Crippen LogP contribution in [0.4, 0.5) is 0 Å². The predicted molar refractivity (Wildman–Crippen MR) is 97.5 cm³/mol. The maximum Gasteiger partial charge on any atom is 0.221 e. The van der Waals surface area contributed by atoms with Crippen molar-refractivity contribution >= 4 is 17.7 Å². The molecule has 1 aromatic rings. The maximum atomic E-state index is 12.4. The van der Waals surface area contributed by atoms with Gasteiger partial charge in [0.25, 0.3) is 0 Å². The van der Waals surface area contributed by atoms with Gasteiger partial charge in [-0.3, -0.25) is 9.69 Å². The maximum absolute atomic E-state index is 12.4. The van der Waals surface area contributed by atoms with Gasteiger partial charge in [0.15, 0.2) is 0 Å². The molecule has 4 nitrogen and oxygen atoms in total. The number of hydrogen-bond donors (Lipinski definition) is 1. The van der Waals surface area contributed by atoms with Crippen molar-refractivity contribution in [1.82, 2.24) is 10.2 Å². The number of amides is 1. The first-order valence-corrected chi connectivity index (χ1v) is 9.91. The van der Waals surface area contributed by atoms with E-state index < -0.39 is 5.54 Å². The molecule has 0 aliphatic carbocycles. The molecule has 2 aliphatic rings. The summed E-state index contributed by atoms with van der Waals surface area (Å²) in [6.45, 7) is 2.98. The molecule has 2 saturated heterocycles. The van der Waals surface area contributed by atoms with Gasteiger partial charge >= 0.3 is 0 Å². The number of carbonyl (C=O) groups excluding carboxylic acids is 1. The van der Waals surface area contributed by atoms with Crippen LogP contribution < -0.4 is 5.32 Å². The van der Waals surface area contributed by atoms with Gasteiger partial charge in [0.05, 0.1) is 6.07 Å². The number of likely N-dealkylation sites (tertiary alicyclic amines) is 1. The molecule has 5 heteroatoms. The zero-order chi connectivity index (χ0) is 16.8. The molecule has 0 unspecified atom stereocenters. The van der Waals surface area contributed by atoms with Crippen molar-refractivity contribution in [2.45, 2.75) is 37.8 Å². The summed E-state index contributed by atoms with van der Waals surface area (Å²) in [5.74, 6) is 2.38. The van der Waals surface area contributed by atoms with Crippen LogP contribution in [0.15, 0.2) is 30.3 Å². The molecule has 1 N–H and O–H groups in total. The van der Waals surface area contributed by atoms with E-state index in [0.717, 1.165) is 50.4 Å². The summed E-state index contributed by atoms with van der Waals surface area (Å²) >= 11 is 1.86. The average Bonchev–Trinajstić information content (AvgIpc) is 3.03. The van der Waals surface area contributed by atoms with E-state index >= 15 is 0 Å². The predicted octanol–water partition coefficient (Wildman–Crippen LogP) is 2.80. The molecule has 0 spiro atoms. The van der Waals surface area contributed by atoms with Crippen LogP contribution in [-0.2, 0) is 11.3 Å². The Labute approximate surface area is 148 Å². The molecular weight excluding hydrogens is 318 g/mol. The number of benzene rings is 1. The highest BCUT2D eigenvalue weighted by Gasteiger charge is 2.35. The normalized spacial score (nSPS) is 23.5. The lowest BCUT2D eigenvalue weighted by Crippen LogP contribution is -2.50. The number of thioether (sulfide) groups is 1. The molecule has 24 heavy (non-hydrogen) atoms. The molecule has 2 fully saturated rings. The first-order valence-electron chi connectivity index (χ1n) is 8.75. The Kier molecular flexibility index (Phi) is 5.80. The smallest absolute Gasteiger partial charge is 0.221 e. The zero-order valence-electron chi connectivity index (χ0n) is 14.0. The molecule has 1 atom stereocenters. The molecule has 3 rings (SSSR count). The molecule has 0 bridgehead atoms. The standard InChI is InChI=1S/C19H25N3OS/c20-15-19(7-10-24-11-8-19)21-18(23)12-17-6-9-22(14-17)13-16-4-2-1-3-5-16/h1-5,17H,6-14H2,(H,21,23)/t17-/m1/s1. The fourth-order valence-corrected chi connectivity index (χ4v) is 4.82. The number of nitrogens with one attached hydrogen (secondary N) is 1. The number of rotatable bonds is 5. The summed E-state index contributed by atoms with van der Waals surface area (Å²) in [4.78, 5) is 14.8. The van der Waals surface area contributed by atoms with Crippen LogP contribution in [0.2, 0.25) is 0 Å². The summed E-state index contributed by atoms with van der Waals surface area (Å²) in [7, 11) is 0. The van der Waals surface area contributed by atoms with Gasteiger partial charge in [-0.1, -0.05) is 30.3 Å². The van der Waals surface area contributed by atoms with E-state index in [2.05, 4.69) is 40.6 Å². The summed E-state index contributed by atoms with van der Waals surface area (Å²) in [5.41, 5.74) is 0.704. The topological polar surface area (TPSA) is 56.1 Å². The average molecular weight is 343 g/mol. The third-order valence-electron chi connectivity index (χ3n) is 5.03. The van der Waals surface area contributed by atoms with Crippen molar-refractivity contribution in [3.63, 3.8) is 0 Å². The van der Waals surface area contributed by atoms with Crippen LogP contribution in [0.5, 0.6) is 0 Å². The van der Waals surface area contributed by atoms with Crippen LogP contribution in [0, 0.1) is 17.2 Å². The van der Waals surface area contributed by atoms with Gasteiger partial charge in [-0.2, -0.15) is 17.0 Å². The highest BCUT2D eigenvalue weighted by Crippen LogP contribution is 2.27. The highest BCUT2D eigenvalue weighted by atomic mass is 32.2. The minimum absolute atomic E-state index is 0.0509. The van der Waals surface area contributed by atoms with Crippen molar-refractivity contribution in [2.24, 2.45) is 5.92 Å². The van der Waals surface area contributed by atoms with Crippen LogP contribution in [-0.4, -0.2) is 40.9 Å². The van der Waals surface area contributed by atoms with Gasteiger partial charge in [-0.25, -0.2) is 0 Å². The Morgan fingerprint density at radius 3 is 2.79 bits per heavy atom. The van der Waals surface area contributed by atoms with E-state index in [0.29, 0.717) is 12.3 Å². The lowest BCUT2D eigenvalue weighted by Gasteiger charge is -2.31. The van der Waals surface area contributed by atoms with Crippen molar-refractivity contribution in [2.75, 3.05) is 24.6 Å². The van der Waals surface area contributed by atoms with E-state index in [9.17, 15) is 10.1 Å². The highest BCUT2D eigenvalue weighted by molar-refractivity contribution is 7.99.